The molecule has 0 bridgehead atoms. The van der Waals surface area contributed by atoms with E-state index in [2.05, 4.69) is 78.9 Å². The standard InChI is InChI=1S/C46H26N4O2S/c1-2-11-27(12-3-1)43-48-44(50-45(49-43)34-18-9-16-32-31-15-4-6-20-37(31)52-42(32)34)33-17-10-21-39-41(33)35-26-29(23-24-38(35)51-39)28-13-8-14-30(25-28)46-47-36-19-5-7-22-40(36)53-46/h1-26H. The number of benzene rings is 7. The molecule has 0 saturated heterocycles. The Labute approximate surface area is 306 Å². The van der Waals surface area contributed by atoms with Crippen LogP contribution in [0.3, 0.4) is 0 Å². The van der Waals surface area contributed by atoms with E-state index in [0.29, 0.717) is 17.5 Å². The highest BCUT2D eigenvalue weighted by atomic mass is 32.1. The van der Waals surface area contributed by atoms with Crippen molar-refractivity contribution in [1.29, 1.82) is 0 Å². The van der Waals surface area contributed by atoms with Gasteiger partial charge in [-0.05, 0) is 59.7 Å². The molecule has 7 heteroatoms. The van der Waals surface area contributed by atoms with Crippen molar-refractivity contribution in [3.63, 3.8) is 0 Å². The number of rotatable bonds is 5. The summed E-state index contributed by atoms with van der Waals surface area (Å²) in [5, 5.41) is 5.01. The molecule has 248 valence electrons. The fourth-order valence-electron chi connectivity index (χ4n) is 7.28. The van der Waals surface area contributed by atoms with Gasteiger partial charge < -0.3 is 8.83 Å². The molecule has 0 atom stereocenters. The predicted octanol–water partition coefficient (Wildman–Crippen LogP) is 12.6. The summed E-state index contributed by atoms with van der Waals surface area (Å²) in [6.45, 7) is 0. The van der Waals surface area contributed by atoms with Gasteiger partial charge in [0.05, 0.1) is 15.8 Å². The molecule has 0 spiro atoms. The Kier molecular flexibility index (Phi) is 6.62. The number of furan rings is 2. The number of hydrogen-bond acceptors (Lipinski definition) is 7. The first-order chi connectivity index (χ1) is 26.2. The Morgan fingerprint density at radius 2 is 1.06 bits per heavy atom. The van der Waals surface area contributed by atoms with E-state index in [1.807, 2.05) is 78.9 Å². The largest absolute Gasteiger partial charge is 0.456 e. The molecule has 0 radical (unpaired) electrons. The van der Waals surface area contributed by atoms with Gasteiger partial charge in [0.1, 0.15) is 27.3 Å². The van der Waals surface area contributed by atoms with Crippen LogP contribution in [0.4, 0.5) is 0 Å². The van der Waals surface area contributed by atoms with E-state index in [0.717, 1.165) is 87.8 Å². The molecule has 11 rings (SSSR count). The zero-order chi connectivity index (χ0) is 34.9. The maximum Gasteiger partial charge on any atom is 0.167 e. The third-order valence-corrected chi connectivity index (χ3v) is 10.9. The highest BCUT2D eigenvalue weighted by Crippen LogP contribution is 2.40. The summed E-state index contributed by atoms with van der Waals surface area (Å²) in [4.78, 5) is 20.2. The molecule has 0 aliphatic heterocycles. The van der Waals surface area contributed by atoms with Crippen molar-refractivity contribution >= 4 is 65.4 Å². The first-order valence-electron chi connectivity index (χ1n) is 17.4. The second-order valence-electron chi connectivity index (χ2n) is 13.0. The smallest absolute Gasteiger partial charge is 0.167 e. The van der Waals surface area contributed by atoms with Crippen LogP contribution in [0.1, 0.15) is 0 Å². The highest BCUT2D eigenvalue weighted by molar-refractivity contribution is 7.21. The summed E-state index contributed by atoms with van der Waals surface area (Å²) >= 11 is 1.71. The Bertz CT molecular complexity index is 3160. The van der Waals surface area contributed by atoms with E-state index >= 15 is 0 Å². The quantitative estimate of drug-likeness (QED) is 0.178. The van der Waals surface area contributed by atoms with Crippen LogP contribution < -0.4 is 0 Å². The molecule has 0 N–H and O–H groups in total. The highest BCUT2D eigenvalue weighted by Gasteiger charge is 2.21. The van der Waals surface area contributed by atoms with Gasteiger partial charge in [0.2, 0.25) is 0 Å². The summed E-state index contributed by atoms with van der Waals surface area (Å²) in [7, 11) is 0. The Hall–Kier alpha value is -6.96. The molecule has 53 heavy (non-hydrogen) atoms. The molecule has 0 aliphatic carbocycles. The molecular weight excluding hydrogens is 673 g/mol. The predicted molar refractivity (Wildman–Crippen MR) is 215 cm³/mol. The average Bonchev–Trinajstić information content (AvgIpc) is 3.94. The molecule has 0 fully saturated rings. The average molecular weight is 699 g/mol. The molecule has 11 aromatic rings. The molecule has 4 aromatic heterocycles. The van der Waals surface area contributed by atoms with Gasteiger partial charge in [0.15, 0.2) is 17.5 Å². The van der Waals surface area contributed by atoms with Gasteiger partial charge in [-0.25, -0.2) is 19.9 Å². The van der Waals surface area contributed by atoms with Gasteiger partial charge in [0, 0.05) is 38.2 Å². The fourth-order valence-corrected chi connectivity index (χ4v) is 8.24. The van der Waals surface area contributed by atoms with E-state index in [1.54, 1.807) is 11.3 Å². The van der Waals surface area contributed by atoms with Gasteiger partial charge in [-0.2, -0.15) is 0 Å². The summed E-state index contributed by atoms with van der Waals surface area (Å²) in [5.41, 5.74) is 9.97. The van der Waals surface area contributed by atoms with Crippen molar-refractivity contribution in [2.24, 2.45) is 0 Å². The number of aromatic nitrogens is 4. The van der Waals surface area contributed by atoms with Gasteiger partial charge in [-0.15, -0.1) is 11.3 Å². The van der Waals surface area contributed by atoms with Crippen molar-refractivity contribution in [3.8, 4) is 55.9 Å². The summed E-state index contributed by atoms with van der Waals surface area (Å²) in [6, 6.07) is 53.5. The van der Waals surface area contributed by atoms with E-state index in [9.17, 15) is 0 Å². The lowest BCUT2D eigenvalue weighted by molar-refractivity contribution is 0.668. The van der Waals surface area contributed by atoms with Crippen LogP contribution in [0, 0.1) is 0 Å². The van der Waals surface area contributed by atoms with E-state index in [-0.39, 0.29) is 0 Å². The van der Waals surface area contributed by atoms with Crippen molar-refractivity contribution in [2.75, 3.05) is 0 Å². The van der Waals surface area contributed by atoms with Crippen molar-refractivity contribution in [3.05, 3.63) is 158 Å². The number of para-hydroxylation sites is 3. The summed E-state index contributed by atoms with van der Waals surface area (Å²) in [6.07, 6.45) is 0. The molecule has 0 saturated carbocycles. The minimum absolute atomic E-state index is 0.538. The van der Waals surface area contributed by atoms with Gasteiger partial charge in [-0.3, -0.25) is 0 Å². The van der Waals surface area contributed by atoms with Crippen LogP contribution in [0.15, 0.2) is 167 Å². The zero-order valence-electron chi connectivity index (χ0n) is 28.0. The molecule has 6 nitrogen and oxygen atoms in total. The molecule has 0 amide bonds. The first-order valence-corrected chi connectivity index (χ1v) is 18.2. The van der Waals surface area contributed by atoms with Gasteiger partial charge >= 0.3 is 0 Å². The minimum Gasteiger partial charge on any atom is -0.456 e. The van der Waals surface area contributed by atoms with E-state index < -0.39 is 0 Å². The number of nitrogens with zero attached hydrogens (tertiary/aromatic N) is 4. The lowest BCUT2D eigenvalue weighted by Gasteiger charge is -2.10. The van der Waals surface area contributed by atoms with E-state index in [1.165, 1.54) is 4.70 Å². The third-order valence-electron chi connectivity index (χ3n) is 9.79. The number of thiazole rings is 1. The van der Waals surface area contributed by atoms with Crippen molar-refractivity contribution < 1.29 is 8.83 Å². The molecule has 0 aliphatic rings. The second-order valence-corrected chi connectivity index (χ2v) is 14.0. The Balaban J connectivity index is 1.10. The second kappa shape index (κ2) is 11.8. The third kappa shape index (κ3) is 4.93. The maximum absolute atomic E-state index is 6.46. The molecule has 4 heterocycles. The lowest BCUT2D eigenvalue weighted by Crippen LogP contribution is -2.00. The Morgan fingerprint density at radius 1 is 0.396 bits per heavy atom. The lowest BCUT2D eigenvalue weighted by atomic mass is 9.99. The number of hydrogen-bond donors (Lipinski definition) is 0. The van der Waals surface area contributed by atoms with Crippen molar-refractivity contribution in [1.82, 2.24) is 19.9 Å². The fraction of sp³-hybridized carbons (Fsp3) is 0. The molecule has 0 unspecified atom stereocenters. The van der Waals surface area contributed by atoms with Crippen LogP contribution in [0.25, 0.3) is 110 Å². The Morgan fingerprint density at radius 3 is 1.98 bits per heavy atom. The summed E-state index contributed by atoms with van der Waals surface area (Å²) < 4.78 is 14.1. The topological polar surface area (TPSA) is 77.8 Å². The first kappa shape index (κ1) is 29.7. The van der Waals surface area contributed by atoms with Crippen LogP contribution in [-0.4, -0.2) is 19.9 Å². The summed E-state index contributed by atoms with van der Waals surface area (Å²) in [5.74, 6) is 1.67. The van der Waals surface area contributed by atoms with Crippen LogP contribution in [0.2, 0.25) is 0 Å². The SMILES string of the molecule is c1ccc(-c2nc(-c3cccc4c3oc3ccccc34)nc(-c3cccc4oc5ccc(-c6cccc(-c7nc8ccccc8s7)c6)cc5c34)n2)cc1. The normalized spacial score (nSPS) is 11.8. The molecule has 7 aromatic carbocycles. The minimum atomic E-state index is 0.538. The van der Waals surface area contributed by atoms with E-state index in [4.69, 9.17) is 28.8 Å². The van der Waals surface area contributed by atoms with Crippen LogP contribution in [-0.2, 0) is 0 Å². The zero-order valence-corrected chi connectivity index (χ0v) is 28.8. The van der Waals surface area contributed by atoms with Gasteiger partial charge in [-0.1, -0.05) is 109 Å². The molecular formula is C46H26N4O2S. The van der Waals surface area contributed by atoms with Gasteiger partial charge in [0.25, 0.3) is 0 Å². The van der Waals surface area contributed by atoms with Crippen molar-refractivity contribution in [2.45, 2.75) is 0 Å². The van der Waals surface area contributed by atoms with Crippen LogP contribution in [0.5, 0.6) is 0 Å². The number of fused-ring (bicyclic) bond motifs is 7. The van der Waals surface area contributed by atoms with Crippen LogP contribution >= 0.6 is 11.3 Å². The monoisotopic (exact) mass is 698 g/mol. The maximum atomic E-state index is 6.46.